The number of halogens is 1. The number of amides is 2. The Bertz CT molecular complexity index is 816. The third kappa shape index (κ3) is 5.01. The number of benzene rings is 1. The number of carbonyl (C=O) groups excluding carboxylic acids is 2. The predicted octanol–water partition coefficient (Wildman–Crippen LogP) is 4.32. The summed E-state index contributed by atoms with van der Waals surface area (Å²) in [6.07, 6.45) is 1.56. The minimum Gasteiger partial charge on any atom is -0.357 e. The van der Waals surface area contributed by atoms with Crippen molar-refractivity contribution in [3.8, 4) is 0 Å². The minimum absolute atomic E-state index is 0.121. The Morgan fingerprint density at radius 1 is 1.00 bits per heavy atom. The van der Waals surface area contributed by atoms with Crippen LogP contribution >= 0.6 is 11.6 Å². The van der Waals surface area contributed by atoms with Crippen molar-refractivity contribution in [3.63, 3.8) is 0 Å². The third-order valence-corrected chi connectivity index (χ3v) is 4.92. The molecule has 0 fully saturated rings. The highest BCUT2D eigenvalue weighted by Crippen LogP contribution is 2.23. The van der Waals surface area contributed by atoms with Gasteiger partial charge in [0, 0.05) is 38.1 Å². The fraction of sp³-hybridized carbons (Fsp3) is 0.381. The molecule has 150 valence electrons. The molecule has 28 heavy (non-hydrogen) atoms. The van der Waals surface area contributed by atoms with Crippen LogP contribution in [0.15, 0.2) is 36.5 Å². The van der Waals surface area contributed by atoms with Crippen LogP contribution in [0.4, 0.5) is 11.5 Å². The maximum Gasteiger partial charge on any atom is 0.257 e. The molecule has 0 spiro atoms. The molecule has 0 aliphatic carbocycles. The lowest BCUT2D eigenvalue weighted by molar-refractivity contribution is 0.0773. The number of rotatable bonds is 8. The Labute approximate surface area is 171 Å². The van der Waals surface area contributed by atoms with Crippen LogP contribution < -0.4 is 10.2 Å². The third-order valence-electron chi connectivity index (χ3n) is 4.61. The molecule has 6 nitrogen and oxygen atoms in total. The summed E-state index contributed by atoms with van der Waals surface area (Å²) >= 11 is 6.28. The van der Waals surface area contributed by atoms with E-state index in [4.69, 9.17) is 11.6 Å². The van der Waals surface area contributed by atoms with E-state index in [1.807, 2.05) is 19.9 Å². The summed E-state index contributed by atoms with van der Waals surface area (Å²) in [5.74, 6) is 0.436. The molecular weight excluding hydrogens is 376 g/mol. The average Bonchev–Trinajstić information content (AvgIpc) is 2.70. The Kier molecular flexibility index (Phi) is 7.81. The summed E-state index contributed by atoms with van der Waals surface area (Å²) in [5, 5.41) is 3.11. The predicted molar refractivity (Wildman–Crippen MR) is 114 cm³/mol. The molecule has 0 radical (unpaired) electrons. The second kappa shape index (κ2) is 10.1. The van der Waals surface area contributed by atoms with Crippen LogP contribution in [0.3, 0.4) is 0 Å². The standard InChI is InChI=1S/C21H27ClN4O2/c1-5-25(6-2)19-12-9-15(14-23-19)20(27)24-16-10-11-17(18(22)13-16)21(28)26(7-3)8-4/h9-14H,5-8H2,1-4H3,(H,24,27). The van der Waals surface area contributed by atoms with E-state index in [1.165, 1.54) is 0 Å². The maximum atomic E-state index is 12.5. The van der Waals surface area contributed by atoms with Gasteiger partial charge in [-0.3, -0.25) is 9.59 Å². The Morgan fingerprint density at radius 2 is 1.68 bits per heavy atom. The number of carbonyl (C=O) groups is 2. The molecule has 2 rings (SSSR count). The van der Waals surface area contributed by atoms with Crippen LogP contribution in [-0.4, -0.2) is 47.9 Å². The molecule has 0 aliphatic rings. The summed E-state index contributed by atoms with van der Waals surface area (Å²) < 4.78 is 0. The monoisotopic (exact) mass is 402 g/mol. The van der Waals surface area contributed by atoms with Gasteiger partial charge in [0.1, 0.15) is 5.82 Å². The Balaban J connectivity index is 2.12. The molecule has 0 saturated heterocycles. The highest BCUT2D eigenvalue weighted by atomic mass is 35.5. The molecule has 2 aromatic rings. The summed E-state index contributed by atoms with van der Waals surface area (Å²) in [7, 11) is 0. The van der Waals surface area contributed by atoms with E-state index in [0.717, 1.165) is 18.9 Å². The van der Waals surface area contributed by atoms with E-state index in [2.05, 4.69) is 29.0 Å². The number of hydrogen-bond donors (Lipinski definition) is 1. The van der Waals surface area contributed by atoms with Crippen LogP contribution in [0.25, 0.3) is 0 Å². The number of hydrogen-bond acceptors (Lipinski definition) is 4. The van der Waals surface area contributed by atoms with E-state index < -0.39 is 0 Å². The van der Waals surface area contributed by atoms with Gasteiger partial charge in [0.2, 0.25) is 0 Å². The van der Waals surface area contributed by atoms with Gasteiger partial charge in [-0.05, 0) is 58.0 Å². The largest absolute Gasteiger partial charge is 0.357 e. The zero-order valence-electron chi connectivity index (χ0n) is 16.8. The van der Waals surface area contributed by atoms with E-state index >= 15 is 0 Å². The van der Waals surface area contributed by atoms with Crippen molar-refractivity contribution in [1.82, 2.24) is 9.88 Å². The van der Waals surface area contributed by atoms with Crippen LogP contribution in [0.5, 0.6) is 0 Å². The summed E-state index contributed by atoms with van der Waals surface area (Å²) in [6.45, 7) is 10.9. The average molecular weight is 403 g/mol. The van der Waals surface area contributed by atoms with Crippen molar-refractivity contribution in [2.75, 3.05) is 36.4 Å². The summed E-state index contributed by atoms with van der Waals surface area (Å²) in [4.78, 5) is 33.1. The van der Waals surface area contributed by atoms with Crippen LogP contribution in [0.2, 0.25) is 5.02 Å². The van der Waals surface area contributed by atoms with Gasteiger partial charge >= 0.3 is 0 Å². The highest BCUT2D eigenvalue weighted by molar-refractivity contribution is 6.34. The molecule has 0 bridgehead atoms. The number of nitrogens with one attached hydrogen (secondary N) is 1. The quantitative estimate of drug-likeness (QED) is 0.714. The zero-order chi connectivity index (χ0) is 20.7. The van der Waals surface area contributed by atoms with Gasteiger partial charge in [-0.2, -0.15) is 0 Å². The number of aromatic nitrogens is 1. The topological polar surface area (TPSA) is 65.5 Å². The SMILES string of the molecule is CCN(CC)C(=O)c1ccc(NC(=O)c2ccc(N(CC)CC)nc2)cc1Cl. The molecular formula is C21H27ClN4O2. The number of pyridine rings is 1. The number of anilines is 2. The van der Waals surface area contributed by atoms with Gasteiger partial charge in [0.05, 0.1) is 16.1 Å². The van der Waals surface area contributed by atoms with E-state index in [-0.39, 0.29) is 11.8 Å². The van der Waals surface area contributed by atoms with Gasteiger partial charge < -0.3 is 15.1 Å². The van der Waals surface area contributed by atoms with Crippen molar-refractivity contribution < 1.29 is 9.59 Å². The van der Waals surface area contributed by atoms with E-state index in [0.29, 0.717) is 34.9 Å². The molecule has 7 heteroatoms. The minimum atomic E-state index is -0.280. The molecule has 1 aromatic heterocycles. The van der Waals surface area contributed by atoms with E-state index in [1.54, 1.807) is 35.4 Å². The smallest absolute Gasteiger partial charge is 0.257 e. The van der Waals surface area contributed by atoms with Crippen molar-refractivity contribution in [2.45, 2.75) is 27.7 Å². The highest BCUT2D eigenvalue weighted by Gasteiger charge is 2.17. The molecule has 0 aliphatic heterocycles. The zero-order valence-corrected chi connectivity index (χ0v) is 17.6. The van der Waals surface area contributed by atoms with Gasteiger partial charge in [0.25, 0.3) is 11.8 Å². The summed E-state index contributed by atoms with van der Waals surface area (Å²) in [5.41, 5.74) is 1.41. The lowest BCUT2D eigenvalue weighted by atomic mass is 10.1. The first kappa shape index (κ1) is 21.7. The van der Waals surface area contributed by atoms with Crippen molar-refractivity contribution in [3.05, 3.63) is 52.7 Å². The van der Waals surface area contributed by atoms with Gasteiger partial charge in [-0.15, -0.1) is 0 Å². The second-order valence-electron chi connectivity index (χ2n) is 6.20. The number of nitrogens with zero attached hydrogens (tertiary/aromatic N) is 3. The Hall–Kier alpha value is -2.60. The van der Waals surface area contributed by atoms with Gasteiger partial charge in [-0.25, -0.2) is 4.98 Å². The first-order valence-electron chi connectivity index (χ1n) is 9.56. The molecule has 1 heterocycles. The Morgan fingerprint density at radius 3 is 2.18 bits per heavy atom. The van der Waals surface area contributed by atoms with Crippen molar-refractivity contribution in [2.24, 2.45) is 0 Å². The van der Waals surface area contributed by atoms with E-state index in [9.17, 15) is 9.59 Å². The molecule has 0 unspecified atom stereocenters. The second-order valence-corrected chi connectivity index (χ2v) is 6.61. The van der Waals surface area contributed by atoms with Gasteiger partial charge in [0.15, 0.2) is 0 Å². The fourth-order valence-electron chi connectivity index (χ4n) is 2.91. The molecule has 0 saturated carbocycles. The van der Waals surface area contributed by atoms with Crippen LogP contribution in [0.1, 0.15) is 48.4 Å². The van der Waals surface area contributed by atoms with Crippen molar-refractivity contribution in [1.29, 1.82) is 0 Å². The van der Waals surface area contributed by atoms with Crippen LogP contribution in [0, 0.1) is 0 Å². The molecule has 2 amide bonds. The lowest BCUT2D eigenvalue weighted by Gasteiger charge is -2.20. The lowest BCUT2D eigenvalue weighted by Crippen LogP contribution is -2.30. The summed E-state index contributed by atoms with van der Waals surface area (Å²) in [6, 6.07) is 8.49. The normalized spacial score (nSPS) is 10.5. The molecule has 1 aromatic carbocycles. The maximum absolute atomic E-state index is 12.5. The fourth-order valence-corrected chi connectivity index (χ4v) is 3.17. The first-order chi connectivity index (χ1) is 13.4. The molecule has 0 atom stereocenters. The van der Waals surface area contributed by atoms with Crippen molar-refractivity contribution >= 4 is 34.9 Å². The van der Waals surface area contributed by atoms with Gasteiger partial charge in [-0.1, -0.05) is 11.6 Å². The molecule has 1 N–H and O–H groups in total. The first-order valence-corrected chi connectivity index (χ1v) is 9.93. The van der Waals surface area contributed by atoms with Crippen LogP contribution in [-0.2, 0) is 0 Å².